The third-order valence-electron chi connectivity index (χ3n) is 3.21. The number of rotatable bonds is 7. The quantitative estimate of drug-likeness (QED) is 0.607. The molecule has 0 atom stereocenters. The number of benzene rings is 2. The van der Waals surface area contributed by atoms with Crippen LogP contribution in [0.25, 0.3) is 0 Å². The Balaban J connectivity index is 1.70. The fourth-order valence-electron chi connectivity index (χ4n) is 2.02. The number of amides is 1. The summed E-state index contributed by atoms with van der Waals surface area (Å²) in [6.07, 6.45) is 0.889. The van der Waals surface area contributed by atoms with Crippen LogP contribution in [0.3, 0.4) is 0 Å². The van der Waals surface area contributed by atoms with Crippen LogP contribution < -0.4 is 10.1 Å². The van der Waals surface area contributed by atoms with E-state index in [-0.39, 0.29) is 17.4 Å². The highest BCUT2D eigenvalue weighted by Crippen LogP contribution is 2.16. The number of nitrogens with one attached hydrogen (secondary N) is 1. The Morgan fingerprint density at radius 1 is 1.13 bits per heavy atom. The third kappa shape index (κ3) is 5.47. The van der Waals surface area contributed by atoms with Crippen LogP contribution in [-0.4, -0.2) is 23.4 Å². The van der Waals surface area contributed by atoms with Crippen molar-refractivity contribution < 1.29 is 19.4 Å². The first-order valence-corrected chi connectivity index (χ1v) is 7.37. The highest BCUT2D eigenvalue weighted by molar-refractivity contribution is 5.94. The summed E-state index contributed by atoms with van der Waals surface area (Å²) in [4.78, 5) is 22.9. The van der Waals surface area contributed by atoms with Gasteiger partial charge in [-0.25, -0.2) is 0 Å². The molecule has 5 heteroatoms. The van der Waals surface area contributed by atoms with E-state index in [1.165, 1.54) is 13.0 Å². The Kier molecular flexibility index (Phi) is 5.74. The van der Waals surface area contributed by atoms with Gasteiger partial charge in [-0.2, -0.15) is 0 Å². The van der Waals surface area contributed by atoms with Gasteiger partial charge in [0.2, 0.25) is 5.91 Å². The van der Waals surface area contributed by atoms with E-state index in [0.29, 0.717) is 36.4 Å². The normalized spacial score (nSPS) is 10.1. The van der Waals surface area contributed by atoms with Gasteiger partial charge in [0.25, 0.3) is 0 Å². The van der Waals surface area contributed by atoms with Gasteiger partial charge in [0.1, 0.15) is 11.5 Å². The van der Waals surface area contributed by atoms with Gasteiger partial charge in [0, 0.05) is 23.7 Å². The first-order chi connectivity index (χ1) is 11.0. The van der Waals surface area contributed by atoms with E-state index in [1.807, 2.05) is 0 Å². The largest absolute Gasteiger partial charge is 0.508 e. The van der Waals surface area contributed by atoms with Gasteiger partial charge >= 0.3 is 0 Å². The molecule has 5 nitrogen and oxygen atoms in total. The fraction of sp³-hybridized carbons (Fsp3) is 0.222. The van der Waals surface area contributed by atoms with Crippen LogP contribution in [0.5, 0.6) is 11.5 Å². The Labute approximate surface area is 134 Å². The number of hydrogen-bond acceptors (Lipinski definition) is 4. The molecule has 0 saturated heterocycles. The van der Waals surface area contributed by atoms with E-state index in [0.717, 1.165) is 0 Å². The molecule has 2 aromatic rings. The summed E-state index contributed by atoms with van der Waals surface area (Å²) >= 11 is 0. The van der Waals surface area contributed by atoms with Gasteiger partial charge in [-0.1, -0.05) is 6.07 Å². The number of phenolic OH excluding ortho intramolecular Hbond substituents is 1. The minimum atomic E-state index is -0.133. The summed E-state index contributed by atoms with van der Waals surface area (Å²) < 4.78 is 5.53. The number of ether oxygens (including phenoxy) is 1. The minimum absolute atomic E-state index is 0.0140. The molecule has 0 fully saturated rings. The van der Waals surface area contributed by atoms with Crippen molar-refractivity contribution in [3.63, 3.8) is 0 Å². The summed E-state index contributed by atoms with van der Waals surface area (Å²) in [6, 6.07) is 13.3. The SMILES string of the molecule is CC(=O)c1ccc(OCCCC(=O)Nc2cccc(O)c2)cc1. The molecular formula is C18H19NO4. The van der Waals surface area contributed by atoms with Crippen LogP contribution in [0.2, 0.25) is 0 Å². The van der Waals surface area contributed by atoms with Gasteiger partial charge in [-0.15, -0.1) is 0 Å². The second-order valence-electron chi connectivity index (χ2n) is 5.13. The summed E-state index contributed by atoms with van der Waals surface area (Å²) in [5.74, 6) is 0.662. The molecule has 0 radical (unpaired) electrons. The van der Waals surface area contributed by atoms with E-state index in [4.69, 9.17) is 4.74 Å². The van der Waals surface area contributed by atoms with E-state index in [9.17, 15) is 14.7 Å². The van der Waals surface area contributed by atoms with Crippen LogP contribution in [0, 0.1) is 0 Å². The number of aromatic hydroxyl groups is 1. The number of phenols is 1. The van der Waals surface area contributed by atoms with Crippen molar-refractivity contribution in [3.05, 3.63) is 54.1 Å². The van der Waals surface area contributed by atoms with Crippen molar-refractivity contribution in [3.8, 4) is 11.5 Å². The number of carbonyl (C=O) groups excluding carboxylic acids is 2. The molecule has 0 aliphatic rings. The molecule has 0 spiro atoms. The molecule has 0 bridgehead atoms. The molecule has 0 aliphatic carbocycles. The maximum Gasteiger partial charge on any atom is 0.224 e. The molecule has 23 heavy (non-hydrogen) atoms. The summed E-state index contributed by atoms with van der Waals surface area (Å²) in [5.41, 5.74) is 1.21. The zero-order chi connectivity index (χ0) is 16.7. The maximum atomic E-state index is 11.8. The predicted molar refractivity (Wildman–Crippen MR) is 87.9 cm³/mol. The van der Waals surface area contributed by atoms with E-state index >= 15 is 0 Å². The van der Waals surface area contributed by atoms with Crippen molar-refractivity contribution in [2.45, 2.75) is 19.8 Å². The predicted octanol–water partition coefficient (Wildman–Crippen LogP) is 3.39. The zero-order valence-electron chi connectivity index (χ0n) is 12.9. The average Bonchev–Trinajstić information content (AvgIpc) is 2.52. The molecule has 120 valence electrons. The van der Waals surface area contributed by atoms with Crippen LogP contribution in [0.15, 0.2) is 48.5 Å². The van der Waals surface area contributed by atoms with Crippen molar-refractivity contribution in [1.29, 1.82) is 0 Å². The minimum Gasteiger partial charge on any atom is -0.508 e. The third-order valence-corrected chi connectivity index (χ3v) is 3.21. The van der Waals surface area contributed by atoms with Crippen molar-refractivity contribution in [2.75, 3.05) is 11.9 Å². The summed E-state index contributed by atoms with van der Waals surface area (Å²) in [5, 5.41) is 12.0. The molecule has 1 amide bonds. The number of anilines is 1. The molecule has 2 rings (SSSR count). The topological polar surface area (TPSA) is 75.6 Å². The van der Waals surface area contributed by atoms with Gasteiger partial charge < -0.3 is 15.2 Å². The van der Waals surface area contributed by atoms with E-state index in [1.54, 1.807) is 42.5 Å². The second kappa shape index (κ2) is 7.98. The summed E-state index contributed by atoms with van der Waals surface area (Å²) in [6.45, 7) is 1.92. The average molecular weight is 313 g/mol. The molecule has 0 unspecified atom stereocenters. The van der Waals surface area contributed by atoms with Gasteiger partial charge in [0.05, 0.1) is 6.61 Å². The Bertz CT molecular complexity index is 680. The highest BCUT2D eigenvalue weighted by Gasteiger charge is 2.04. The molecule has 0 heterocycles. The Hall–Kier alpha value is -2.82. The van der Waals surface area contributed by atoms with Crippen LogP contribution >= 0.6 is 0 Å². The van der Waals surface area contributed by atoms with Crippen molar-refractivity contribution >= 4 is 17.4 Å². The molecule has 0 aromatic heterocycles. The molecule has 0 saturated carbocycles. The standard InChI is InChI=1S/C18H19NO4/c1-13(20)14-7-9-17(10-8-14)23-11-3-6-18(22)19-15-4-2-5-16(21)12-15/h2,4-5,7-10,12,21H,3,6,11H2,1H3,(H,19,22). The molecule has 2 aromatic carbocycles. The number of Topliss-reactive ketones (excluding diaryl/α,β-unsaturated/α-hetero) is 1. The zero-order valence-corrected chi connectivity index (χ0v) is 12.9. The molecule has 2 N–H and O–H groups in total. The first kappa shape index (κ1) is 16.5. The first-order valence-electron chi connectivity index (χ1n) is 7.37. The van der Waals surface area contributed by atoms with Gasteiger partial charge in [0.15, 0.2) is 5.78 Å². The van der Waals surface area contributed by atoms with Crippen LogP contribution in [-0.2, 0) is 4.79 Å². The Morgan fingerprint density at radius 3 is 2.52 bits per heavy atom. The maximum absolute atomic E-state index is 11.8. The Morgan fingerprint density at radius 2 is 1.87 bits per heavy atom. The lowest BCUT2D eigenvalue weighted by Gasteiger charge is -2.07. The van der Waals surface area contributed by atoms with Gasteiger partial charge in [-0.3, -0.25) is 9.59 Å². The van der Waals surface area contributed by atoms with E-state index < -0.39 is 0 Å². The van der Waals surface area contributed by atoms with Crippen LogP contribution in [0.1, 0.15) is 30.1 Å². The number of ketones is 1. The molecule has 0 aliphatic heterocycles. The van der Waals surface area contributed by atoms with Crippen LogP contribution in [0.4, 0.5) is 5.69 Å². The highest BCUT2D eigenvalue weighted by atomic mass is 16.5. The molecular weight excluding hydrogens is 294 g/mol. The van der Waals surface area contributed by atoms with Crippen molar-refractivity contribution in [1.82, 2.24) is 0 Å². The fourth-order valence-corrected chi connectivity index (χ4v) is 2.02. The lowest BCUT2D eigenvalue weighted by Crippen LogP contribution is -2.12. The van der Waals surface area contributed by atoms with E-state index in [2.05, 4.69) is 5.32 Å². The smallest absolute Gasteiger partial charge is 0.224 e. The number of carbonyl (C=O) groups is 2. The second-order valence-corrected chi connectivity index (χ2v) is 5.13. The van der Waals surface area contributed by atoms with Crippen molar-refractivity contribution in [2.24, 2.45) is 0 Å². The lowest BCUT2D eigenvalue weighted by atomic mass is 10.1. The summed E-state index contributed by atoms with van der Waals surface area (Å²) in [7, 11) is 0. The monoisotopic (exact) mass is 313 g/mol. The number of hydrogen-bond donors (Lipinski definition) is 2. The lowest BCUT2D eigenvalue weighted by molar-refractivity contribution is -0.116. The van der Waals surface area contributed by atoms with Gasteiger partial charge in [-0.05, 0) is 49.7 Å².